The molecule has 0 saturated carbocycles. The average Bonchev–Trinajstić information content (AvgIpc) is 3.19. The van der Waals surface area contributed by atoms with E-state index >= 15 is 0 Å². The third kappa shape index (κ3) is 3.53. The van der Waals surface area contributed by atoms with Crippen LogP contribution in [-0.2, 0) is 12.8 Å². The molecule has 0 aliphatic heterocycles. The third-order valence-corrected chi connectivity index (χ3v) is 6.25. The number of halogens is 1. The number of anilines is 1. The van der Waals surface area contributed by atoms with Crippen molar-refractivity contribution in [3.05, 3.63) is 86.1 Å². The Morgan fingerprint density at radius 2 is 1.80 bits per heavy atom. The average molecular weight is 438 g/mol. The molecule has 0 aliphatic rings. The van der Waals surface area contributed by atoms with Crippen LogP contribution in [-0.4, -0.2) is 15.3 Å². The second kappa shape index (κ2) is 8.42. The van der Waals surface area contributed by atoms with Crippen LogP contribution < -0.4 is 10.9 Å². The highest BCUT2D eigenvalue weighted by molar-refractivity contribution is 7.15. The Kier molecular flexibility index (Phi) is 5.70. The fourth-order valence-electron chi connectivity index (χ4n) is 3.49. The molecule has 2 aromatic heterocycles. The number of carbonyl (C=O) groups is 1. The summed E-state index contributed by atoms with van der Waals surface area (Å²) in [5.41, 5.74) is 3.75. The first-order chi connectivity index (χ1) is 14.5. The van der Waals surface area contributed by atoms with Crippen molar-refractivity contribution in [2.24, 2.45) is 0 Å². The third-order valence-electron chi connectivity index (χ3n) is 5.08. The fourth-order valence-corrected chi connectivity index (χ4v) is 4.57. The van der Waals surface area contributed by atoms with E-state index in [2.05, 4.69) is 10.3 Å². The van der Waals surface area contributed by atoms with E-state index in [1.165, 1.54) is 21.9 Å². The normalized spacial score (nSPS) is 11.0. The number of thiazole rings is 1. The molecule has 0 unspecified atom stereocenters. The predicted molar refractivity (Wildman–Crippen MR) is 123 cm³/mol. The number of rotatable bonds is 5. The van der Waals surface area contributed by atoms with Gasteiger partial charge in [-0.25, -0.2) is 4.98 Å². The Morgan fingerprint density at radius 1 is 1.10 bits per heavy atom. The van der Waals surface area contributed by atoms with E-state index in [1.54, 1.807) is 6.07 Å². The molecule has 2 heterocycles. The molecule has 4 rings (SSSR count). The molecule has 7 heteroatoms. The van der Waals surface area contributed by atoms with Gasteiger partial charge in [0.15, 0.2) is 4.96 Å². The van der Waals surface area contributed by atoms with Crippen molar-refractivity contribution in [2.75, 3.05) is 5.32 Å². The van der Waals surface area contributed by atoms with E-state index < -0.39 is 11.5 Å². The van der Waals surface area contributed by atoms with E-state index in [4.69, 9.17) is 11.6 Å². The number of hydrogen-bond donors (Lipinski definition) is 1. The first-order valence-electron chi connectivity index (χ1n) is 9.71. The Labute approximate surface area is 183 Å². The van der Waals surface area contributed by atoms with Crippen LogP contribution in [0.1, 0.15) is 35.3 Å². The molecule has 0 radical (unpaired) electrons. The van der Waals surface area contributed by atoms with Gasteiger partial charge >= 0.3 is 0 Å². The van der Waals surface area contributed by atoms with E-state index in [-0.39, 0.29) is 5.56 Å². The van der Waals surface area contributed by atoms with E-state index in [1.807, 2.05) is 55.6 Å². The zero-order chi connectivity index (χ0) is 21.3. The molecule has 2 aromatic carbocycles. The van der Waals surface area contributed by atoms with Gasteiger partial charge in [0.2, 0.25) is 0 Å². The maximum absolute atomic E-state index is 13.3. The Bertz CT molecular complexity index is 1290. The van der Waals surface area contributed by atoms with E-state index in [9.17, 15) is 9.59 Å². The summed E-state index contributed by atoms with van der Waals surface area (Å²) in [5.74, 6) is -0.464. The lowest BCUT2D eigenvalue weighted by atomic mass is 10.0. The standard InChI is InChI=1S/C23H20ClN3O2S/c1-3-14-8-7-9-15(4-2)20(14)26-21(28)17-12-25-23-27(22(17)29)19(13-30-23)16-10-5-6-11-18(16)24/h5-13H,3-4H2,1-2H3,(H,26,28). The number of fused-ring (bicyclic) bond motifs is 1. The van der Waals surface area contributed by atoms with Crippen molar-refractivity contribution in [3.8, 4) is 11.3 Å². The molecular formula is C23H20ClN3O2S. The first-order valence-corrected chi connectivity index (χ1v) is 11.0. The molecule has 0 aliphatic carbocycles. The number of hydrogen-bond acceptors (Lipinski definition) is 4. The van der Waals surface area contributed by atoms with Crippen molar-refractivity contribution in [2.45, 2.75) is 26.7 Å². The number of aryl methyl sites for hydroxylation is 2. The predicted octanol–water partition coefficient (Wildman–Crippen LogP) is 5.45. The summed E-state index contributed by atoms with van der Waals surface area (Å²) in [5, 5.41) is 5.31. The minimum Gasteiger partial charge on any atom is -0.321 e. The molecule has 1 N–H and O–H groups in total. The molecule has 152 valence electrons. The summed E-state index contributed by atoms with van der Waals surface area (Å²) in [4.78, 5) is 31.2. The van der Waals surface area contributed by atoms with Crippen LogP contribution in [0.25, 0.3) is 16.2 Å². The van der Waals surface area contributed by atoms with Gasteiger partial charge in [0.1, 0.15) is 5.56 Å². The summed E-state index contributed by atoms with van der Waals surface area (Å²) in [6.45, 7) is 4.07. The molecule has 4 aromatic rings. The van der Waals surface area contributed by atoms with E-state index in [0.717, 1.165) is 35.2 Å². The zero-order valence-corrected chi connectivity index (χ0v) is 18.2. The number of nitrogens with one attached hydrogen (secondary N) is 1. The SMILES string of the molecule is CCc1cccc(CC)c1NC(=O)c1cnc2scc(-c3ccccc3Cl)n2c1=O. The molecule has 0 atom stereocenters. The van der Waals surface area contributed by atoms with Crippen LogP contribution >= 0.6 is 22.9 Å². The second-order valence-electron chi connectivity index (χ2n) is 6.81. The number of para-hydroxylation sites is 1. The largest absolute Gasteiger partial charge is 0.321 e. The summed E-state index contributed by atoms with van der Waals surface area (Å²) in [6, 6.07) is 13.2. The Morgan fingerprint density at radius 3 is 2.47 bits per heavy atom. The van der Waals surface area contributed by atoms with Crippen molar-refractivity contribution in [3.63, 3.8) is 0 Å². The van der Waals surface area contributed by atoms with Crippen molar-refractivity contribution < 1.29 is 4.79 Å². The monoisotopic (exact) mass is 437 g/mol. The fraction of sp³-hybridized carbons (Fsp3) is 0.174. The highest BCUT2D eigenvalue weighted by Gasteiger charge is 2.19. The Balaban J connectivity index is 1.81. The van der Waals surface area contributed by atoms with Crippen molar-refractivity contribution in [1.82, 2.24) is 9.38 Å². The highest BCUT2D eigenvalue weighted by atomic mass is 35.5. The van der Waals surface area contributed by atoms with Crippen LogP contribution in [0.2, 0.25) is 5.02 Å². The molecule has 1 amide bonds. The molecule has 0 bridgehead atoms. The van der Waals surface area contributed by atoms with Crippen LogP contribution in [0.4, 0.5) is 5.69 Å². The summed E-state index contributed by atoms with van der Waals surface area (Å²) in [7, 11) is 0. The lowest BCUT2D eigenvalue weighted by Gasteiger charge is -2.14. The first kappa shape index (κ1) is 20.3. The van der Waals surface area contributed by atoms with Crippen LogP contribution in [0.5, 0.6) is 0 Å². The molecule has 0 saturated heterocycles. The van der Waals surface area contributed by atoms with Gasteiger partial charge in [-0.05, 0) is 30.0 Å². The van der Waals surface area contributed by atoms with Gasteiger partial charge in [0.05, 0.1) is 5.69 Å². The summed E-state index contributed by atoms with van der Waals surface area (Å²) >= 11 is 7.66. The minimum atomic E-state index is -0.464. The van der Waals surface area contributed by atoms with E-state index in [0.29, 0.717) is 15.7 Å². The van der Waals surface area contributed by atoms with Gasteiger partial charge in [-0.2, -0.15) is 0 Å². The second-order valence-corrected chi connectivity index (χ2v) is 8.05. The lowest BCUT2D eigenvalue weighted by Crippen LogP contribution is -2.27. The van der Waals surface area contributed by atoms with Crippen LogP contribution in [0.15, 0.2) is 58.8 Å². The molecule has 30 heavy (non-hydrogen) atoms. The quantitative estimate of drug-likeness (QED) is 0.451. The molecule has 0 spiro atoms. The van der Waals surface area contributed by atoms with Gasteiger partial charge in [0.25, 0.3) is 11.5 Å². The summed E-state index contributed by atoms with van der Waals surface area (Å²) < 4.78 is 1.45. The zero-order valence-electron chi connectivity index (χ0n) is 16.6. The summed E-state index contributed by atoms with van der Waals surface area (Å²) in [6.07, 6.45) is 2.90. The smallest absolute Gasteiger partial charge is 0.271 e. The van der Waals surface area contributed by atoms with Gasteiger partial charge in [-0.15, -0.1) is 11.3 Å². The number of aromatic nitrogens is 2. The number of benzene rings is 2. The molecule has 5 nitrogen and oxygen atoms in total. The van der Waals surface area contributed by atoms with Gasteiger partial charge in [-0.1, -0.05) is 61.8 Å². The van der Waals surface area contributed by atoms with Gasteiger partial charge in [-0.3, -0.25) is 14.0 Å². The lowest BCUT2D eigenvalue weighted by molar-refractivity contribution is 0.102. The highest BCUT2D eigenvalue weighted by Crippen LogP contribution is 2.30. The van der Waals surface area contributed by atoms with Crippen LogP contribution in [0.3, 0.4) is 0 Å². The number of nitrogens with zero attached hydrogens (tertiary/aromatic N) is 2. The van der Waals surface area contributed by atoms with Gasteiger partial charge in [0, 0.05) is 27.9 Å². The van der Waals surface area contributed by atoms with Crippen molar-refractivity contribution in [1.29, 1.82) is 0 Å². The topological polar surface area (TPSA) is 63.5 Å². The van der Waals surface area contributed by atoms with Gasteiger partial charge < -0.3 is 5.32 Å². The van der Waals surface area contributed by atoms with Crippen LogP contribution in [0, 0.1) is 0 Å². The number of amides is 1. The van der Waals surface area contributed by atoms with Crippen molar-refractivity contribution >= 4 is 39.5 Å². The Hall–Kier alpha value is -2.96. The maximum atomic E-state index is 13.3. The number of carbonyl (C=O) groups excluding carboxylic acids is 1. The maximum Gasteiger partial charge on any atom is 0.271 e. The molecular weight excluding hydrogens is 418 g/mol. The molecule has 0 fully saturated rings. The minimum absolute atomic E-state index is 0.00726.